The van der Waals surface area contributed by atoms with Gasteiger partial charge in [-0.25, -0.2) is 36.3 Å². The smallest absolute Gasteiger partial charge is 0.524 e. The Labute approximate surface area is 492 Å². The fourth-order valence-corrected chi connectivity index (χ4v) is 11.5. The van der Waals surface area contributed by atoms with E-state index in [9.17, 15) is 96.0 Å². The minimum atomic E-state index is -5.66. The van der Waals surface area contributed by atoms with Crippen LogP contribution in [0.3, 0.4) is 0 Å². The number of carbonyl (C=O) groups is 4. The number of aromatic carboxylic acids is 2. The van der Waals surface area contributed by atoms with Crippen molar-refractivity contribution >= 4 is 75.2 Å². The van der Waals surface area contributed by atoms with Crippen molar-refractivity contribution in [1.82, 2.24) is 34.2 Å². The van der Waals surface area contributed by atoms with Gasteiger partial charge >= 0.3 is 32.1 Å². The van der Waals surface area contributed by atoms with Crippen LogP contribution in [0.15, 0.2) is 54.6 Å². The maximum atomic E-state index is 15.7. The molecule has 0 spiro atoms. The fraction of sp³-hybridized carbons (Fsp3) is 0.365. The van der Waals surface area contributed by atoms with E-state index in [2.05, 4.69) is 36.9 Å². The molecule has 21 nitrogen and oxygen atoms in total. The normalized spacial score (nSPS) is 16.5. The lowest BCUT2D eigenvalue weighted by molar-refractivity contribution is -0.143. The van der Waals surface area contributed by atoms with Crippen molar-refractivity contribution in [2.45, 2.75) is 107 Å². The van der Waals surface area contributed by atoms with Gasteiger partial charge in [-0.05, 0) is 86.6 Å². The highest BCUT2D eigenvalue weighted by Crippen LogP contribution is 2.68. The van der Waals surface area contributed by atoms with Gasteiger partial charge in [0.1, 0.15) is 46.6 Å². The zero-order valence-corrected chi connectivity index (χ0v) is 48.4. The van der Waals surface area contributed by atoms with Gasteiger partial charge in [-0.15, -0.1) is 0 Å². The van der Waals surface area contributed by atoms with E-state index in [4.69, 9.17) is 11.6 Å². The maximum absolute atomic E-state index is 15.7. The van der Waals surface area contributed by atoms with Gasteiger partial charge in [-0.1, -0.05) is 37.4 Å². The number of carboxylic acids is 2. The number of alkyl halides is 8. The molecule has 5 N–H and O–H groups in total. The van der Waals surface area contributed by atoms with Crippen LogP contribution in [-0.2, 0) is 78.8 Å². The molecule has 2 aliphatic rings. The first-order chi connectivity index (χ1) is 39.9. The van der Waals surface area contributed by atoms with Crippen LogP contribution in [0.4, 0.5) is 43.9 Å². The molecule has 8 rings (SSSR count). The molecule has 466 valence electrons. The molecular formula is C52H44ClF10N7O14PS2-. The van der Waals surface area contributed by atoms with E-state index >= 15 is 8.78 Å². The third-order valence-corrected chi connectivity index (χ3v) is 17.6. The topological polar surface area (TPSA) is 314 Å². The van der Waals surface area contributed by atoms with Crippen molar-refractivity contribution in [2.24, 2.45) is 5.92 Å². The Bertz CT molecular complexity index is 4120. The van der Waals surface area contributed by atoms with Crippen molar-refractivity contribution in [3.05, 3.63) is 128 Å². The average molecular weight is 1310 g/mol. The van der Waals surface area contributed by atoms with Gasteiger partial charge in [-0.3, -0.25) is 37.3 Å². The molecule has 0 aliphatic heterocycles. The summed E-state index contributed by atoms with van der Waals surface area (Å²) in [5, 5.41) is 28.5. The minimum absolute atomic E-state index is 0.00622. The number of amides is 2. The summed E-state index contributed by atoms with van der Waals surface area (Å²) in [4.78, 5) is 76.9. The van der Waals surface area contributed by atoms with E-state index in [-0.39, 0.29) is 36.9 Å². The Morgan fingerprint density at radius 3 is 2.15 bits per heavy atom. The number of aromatic nitrogens is 5. The molecule has 6 aromatic rings. The molecule has 4 atom stereocenters. The van der Waals surface area contributed by atoms with Crippen molar-refractivity contribution in [1.29, 1.82) is 0 Å². The highest BCUT2D eigenvalue weighted by Gasteiger charge is 2.68. The first-order valence-electron chi connectivity index (χ1n) is 25.0. The van der Waals surface area contributed by atoms with Crippen LogP contribution in [-0.4, -0.2) is 107 Å². The standard InChI is InChI=1S/C52H45ClF10N7O14PS2/c1-48(2,41-31(47(75)76)15-24(46(73)74)16-36(41)84-85(77,78)79)19-38(72)70(86(80)81)20-35-40-33(53)9-8-29(43(40)69(66-35)22-50(56,57)58)28-7-6-27(10-11-49(3,4)87(5,82)83)64-42(28)34(14-23-12-25(54)17-26(55)13-23)65-37(71)21-68-45-39(44(67-68)52(61,62)63)30-18-32(30)51(45,59)60/h6-9,12-13,15-17,30,32,34H,14,18-22H2,1-5H3,(H,65,71)(H,73,74)(H,75,76)(H,80,81)(H2,77,78,79)/p-1/t30-,32+,34-/m0/s1. The summed E-state index contributed by atoms with van der Waals surface area (Å²) in [6.45, 7) is -0.196. The number of nitrogens with one attached hydrogen (secondary N) is 1. The van der Waals surface area contributed by atoms with Gasteiger partial charge in [0, 0.05) is 57.7 Å². The number of rotatable bonds is 19. The molecular weight excluding hydrogens is 1270 g/mol. The minimum Gasteiger partial charge on any atom is -0.755 e. The fourth-order valence-electron chi connectivity index (χ4n) is 10.2. The zero-order chi connectivity index (χ0) is 64.8. The zero-order valence-electron chi connectivity index (χ0n) is 45.1. The number of sulfone groups is 1. The summed E-state index contributed by atoms with van der Waals surface area (Å²) in [5.74, 6) is -11.7. The van der Waals surface area contributed by atoms with E-state index in [1.807, 2.05) is 0 Å². The highest BCUT2D eigenvalue weighted by molar-refractivity contribution is 7.92. The Morgan fingerprint density at radius 2 is 1.59 bits per heavy atom. The number of hydrogen-bond acceptors (Lipinski definition) is 13. The van der Waals surface area contributed by atoms with Crippen LogP contribution in [0.2, 0.25) is 5.02 Å². The molecule has 2 amide bonds. The summed E-state index contributed by atoms with van der Waals surface area (Å²) in [5.41, 5.74) is -11.8. The molecule has 0 saturated heterocycles. The van der Waals surface area contributed by atoms with Gasteiger partial charge in [-0.2, -0.15) is 45.3 Å². The first-order valence-corrected chi connectivity index (χ1v) is 29.8. The number of hydrogen-bond donors (Lipinski definition) is 5. The van der Waals surface area contributed by atoms with E-state index in [1.54, 1.807) is 0 Å². The first kappa shape index (κ1) is 65.5. The van der Waals surface area contributed by atoms with Crippen molar-refractivity contribution in [3.63, 3.8) is 0 Å². The van der Waals surface area contributed by atoms with E-state index < -0.39 is 215 Å². The lowest BCUT2D eigenvalue weighted by atomic mass is 9.77. The lowest BCUT2D eigenvalue weighted by Crippen LogP contribution is -2.37. The van der Waals surface area contributed by atoms with Crippen LogP contribution in [0.25, 0.3) is 22.0 Å². The van der Waals surface area contributed by atoms with Crippen LogP contribution in [0.5, 0.6) is 5.75 Å². The Morgan fingerprint density at radius 1 is 0.954 bits per heavy atom. The van der Waals surface area contributed by atoms with Gasteiger partial charge in [0.2, 0.25) is 11.8 Å². The highest BCUT2D eigenvalue weighted by atomic mass is 35.5. The lowest BCUT2D eigenvalue weighted by Gasteiger charge is -2.32. The second-order valence-corrected chi connectivity index (χ2v) is 26.4. The molecule has 3 aromatic carbocycles. The molecule has 3 heterocycles. The number of pyridine rings is 1. The van der Waals surface area contributed by atoms with Crippen LogP contribution in [0.1, 0.15) is 118 Å². The van der Waals surface area contributed by atoms with E-state index in [0.717, 1.165) is 56.5 Å². The third-order valence-electron chi connectivity index (χ3n) is 14.2. The SMILES string of the molecule is CC(C)(CC(=O)N(Cc1nn(CC(F)(F)F)c2c(-c3ccc(C#CC(C)(C)S(C)(=O)=O)nc3[C@H](Cc3cc(F)cc(F)c3)NC(=O)Cn3nc(C(F)(F)F)c4c3C(F)(F)[C@@H]3C[C@H]43)ccc(Cl)c12)S(=O)[O-])c1c(OP(=O)(O)O)cc(C(=O)O)cc1C(=O)O. The summed E-state index contributed by atoms with van der Waals surface area (Å²) in [6.07, 6.45) is -11.9. The number of phosphoric acid groups is 1. The third kappa shape index (κ3) is 13.8. The molecule has 1 saturated carbocycles. The number of benzene rings is 3. The van der Waals surface area contributed by atoms with E-state index in [1.165, 1.54) is 13.8 Å². The van der Waals surface area contributed by atoms with Crippen LogP contribution in [0, 0.1) is 29.4 Å². The molecule has 35 heteroatoms. The molecule has 2 aliphatic carbocycles. The molecule has 3 aromatic heterocycles. The number of halogens is 11. The monoisotopic (exact) mass is 1310 g/mol. The van der Waals surface area contributed by atoms with Gasteiger partial charge in [0.25, 0.3) is 5.92 Å². The second-order valence-electron chi connectivity index (χ2n) is 21.4. The Kier molecular flexibility index (Phi) is 17.3. The second kappa shape index (κ2) is 22.9. The van der Waals surface area contributed by atoms with Crippen LogP contribution >= 0.6 is 19.4 Å². The average Bonchev–Trinajstić information content (AvgIpc) is 1.52. The van der Waals surface area contributed by atoms with Gasteiger partial charge in [0.05, 0.1) is 56.9 Å². The summed E-state index contributed by atoms with van der Waals surface area (Å²) < 4.78 is 215. The quantitative estimate of drug-likeness (QED) is 0.0219. The van der Waals surface area contributed by atoms with Gasteiger partial charge < -0.3 is 24.6 Å². The maximum Gasteiger partial charge on any atom is 0.524 e. The largest absolute Gasteiger partial charge is 0.755 e. The number of carbonyl (C=O) groups excluding carboxylic acids is 2. The molecule has 87 heavy (non-hydrogen) atoms. The number of carboxylic acid groups (broad SMARTS) is 2. The summed E-state index contributed by atoms with van der Waals surface area (Å²) >= 11 is 2.97. The molecule has 0 bridgehead atoms. The molecule has 1 fully saturated rings. The number of fused-ring (bicyclic) bond motifs is 4. The van der Waals surface area contributed by atoms with Crippen molar-refractivity contribution in [3.8, 4) is 28.7 Å². The summed E-state index contributed by atoms with van der Waals surface area (Å²) in [7, 11) is -9.64. The Hall–Kier alpha value is -7.47. The number of phosphoric ester groups is 1. The number of nitrogens with zero attached hydrogens (tertiary/aromatic N) is 6. The molecule has 1 unspecified atom stereocenters. The Balaban J connectivity index is 1.30. The predicted molar refractivity (Wildman–Crippen MR) is 283 cm³/mol. The van der Waals surface area contributed by atoms with Crippen LogP contribution < -0.4 is 9.84 Å². The molecule has 0 radical (unpaired) electrons. The summed E-state index contributed by atoms with van der Waals surface area (Å²) in [6, 6.07) is 5.45. The van der Waals surface area contributed by atoms with Crippen molar-refractivity contribution < 1.29 is 109 Å². The van der Waals surface area contributed by atoms with E-state index in [0.29, 0.717) is 18.2 Å². The van der Waals surface area contributed by atoms with Gasteiger partial charge in [0.15, 0.2) is 15.5 Å². The predicted octanol–water partition coefficient (Wildman–Crippen LogP) is 8.65. The van der Waals surface area contributed by atoms with Crippen molar-refractivity contribution in [2.75, 3.05) is 6.26 Å².